The largest absolute Gasteiger partial charge is 0.380 e. The molecule has 0 spiro atoms. The predicted molar refractivity (Wildman–Crippen MR) is 72.0 cm³/mol. The van der Waals surface area contributed by atoms with E-state index in [9.17, 15) is 10.1 Å². The van der Waals surface area contributed by atoms with Crippen LogP contribution in [0.25, 0.3) is 4.85 Å². The number of hydrogen-bond donors (Lipinski definition) is 1. The lowest BCUT2D eigenvalue weighted by Crippen LogP contribution is -2.07. The fourth-order valence-corrected chi connectivity index (χ4v) is 1.59. The van der Waals surface area contributed by atoms with Crippen molar-refractivity contribution in [2.24, 2.45) is 5.92 Å². The molecular formula is C13H17N3O2. The number of anilines is 1. The summed E-state index contributed by atoms with van der Waals surface area (Å²) in [6, 6.07) is 3.01. The van der Waals surface area contributed by atoms with Gasteiger partial charge < -0.3 is 5.32 Å². The Morgan fingerprint density at radius 2 is 2.17 bits per heavy atom. The van der Waals surface area contributed by atoms with Crippen molar-refractivity contribution in [1.82, 2.24) is 0 Å². The highest BCUT2D eigenvalue weighted by Crippen LogP contribution is 2.32. The van der Waals surface area contributed by atoms with E-state index in [2.05, 4.69) is 24.0 Å². The van der Waals surface area contributed by atoms with E-state index in [1.165, 1.54) is 6.07 Å². The first-order valence-corrected chi connectivity index (χ1v) is 5.86. The monoisotopic (exact) mass is 247 g/mol. The van der Waals surface area contributed by atoms with Crippen molar-refractivity contribution in [3.8, 4) is 0 Å². The molecule has 1 N–H and O–H groups in total. The number of benzene rings is 1. The molecule has 0 amide bonds. The third-order valence-electron chi connectivity index (χ3n) is 2.67. The average molecular weight is 247 g/mol. The molecule has 0 aliphatic carbocycles. The van der Waals surface area contributed by atoms with Crippen LogP contribution in [0.3, 0.4) is 0 Å². The molecule has 18 heavy (non-hydrogen) atoms. The van der Waals surface area contributed by atoms with Crippen molar-refractivity contribution in [3.63, 3.8) is 0 Å². The first kappa shape index (κ1) is 14.0. The van der Waals surface area contributed by atoms with Gasteiger partial charge in [-0.3, -0.25) is 10.1 Å². The molecule has 5 nitrogen and oxygen atoms in total. The van der Waals surface area contributed by atoms with Gasteiger partial charge in [-0.05, 0) is 30.9 Å². The minimum atomic E-state index is -0.453. The minimum absolute atomic E-state index is 0.0321. The van der Waals surface area contributed by atoms with Gasteiger partial charge in [-0.25, -0.2) is 4.85 Å². The first-order valence-electron chi connectivity index (χ1n) is 5.86. The lowest BCUT2D eigenvalue weighted by Gasteiger charge is -2.10. The second kappa shape index (κ2) is 6.01. The Morgan fingerprint density at radius 3 is 2.67 bits per heavy atom. The summed E-state index contributed by atoms with van der Waals surface area (Å²) in [5, 5.41) is 14.0. The molecule has 0 bridgehead atoms. The number of rotatable bonds is 5. The number of nitrogens with zero attached hydrogens (tertiary/aromatic N) is 2. The number of nitro benzene ring substituents is 1. The minimum Gasteiger partial charge on any atom is -0.380 e. The van der Waals surface area contributed by atoms with E-state index in [0.717, 1.165) is 12.0 Å². The smallest absolute Gasteiger partial charge is 0.282 e. The van der Waals surface area contributed by atoms with Gasteiger partial charge in [-0.2, -0.15) is 0 Å². The van der Waals surface area contributed by atoms with Gasteiger partial charge in [-0.15, -0.1) is 0 Å². The van der Waals surface area contributed by atoms with Crippen molar-refractivity contribution in [1.29, 1.82) is 0 Å². The molecular weight excluding hydrogens is 230 g/mol. The summed E-state index contributed by atoms with van der Waals surface area (Å²) < 4.78 is 0. The average Bonchev–Trinajstić information content (AvgIpc) is 2.28. The molecule has 0 aliphatic heterocycles. The van der Waals surface area contributed by atoms with Crippen molar-refractivity contribution < 1.29 is 4.92 Å². The topological polar surface area (TPSA) is 59.5 Å². The van der Waals surface area contributed by atoms with Crippen LogP contribution in [0, 0.1) is 29.5 Å². The summed E-state index contributed by atoms with van der Waals surface area (Å²) in [6.07, 6.45) is 0.945. The second-order valence-corrected chi connectivity index (χ2v) is 4.63. The zero-order valence-corrected chi connectivity index (χ0v) is 10.9. The molecule has 1 aromatic carbocycles. The van der Waals surface area contributed by atoms with E-state index in [4.69, 9.17) is 6.57 Å². The fraction of sp³-hybridized carbons (Fsp3) is 0.462. The maximum Gasteiger partial charge on any atom is 0.282 e. The van der Waals surface area contributed by atoms with Gasteiger partial charge in [0.05, 0.1) is 11.5 Å². The van der Waals surface area contributed by atoms with E-state index >= 15 is 0 Å². The molecule has 1 rings (SSSR count). The van der Waals surface area contributed by atoms with Gasteiger partial charge >= 0.3 is 0 Å². The quantitative estimate of drug-likeness (QED) is 0.487. The van der Waals surface area contributed by atoms with Crippen molar-refractivity contribution in [2.45, 2.75) is 27.2 Å². The Labute approximate surface area is 107 Å². The summed E-state index contributed by atoms with van der Waals surface area (Å²) in [4.78, 5) is 13.8. The van der Waals surface area contributed by atoms with Crippen LogP contribution >= 0.6 is 0 Å². The predicted octanol–water partition coefficient (Wildman–Crippen LogP) is 3.91. The van der Waals surface area contributed by atoms with Crippen LogP contribution in [0.15, 0.2) is 12.1 Å². The third-order valence-corrected chi connectivity index (χ3v) is 2.67. The number of hydrogen-bond acceptors (Lipinski definition) is 3. The Balaban J connectivity index is 2.99. The van der Waals surface area contributed by atoms with Crippen LogP contribution in [-0.4, -0.2) is 11.5 Å². The molecule has 96 valence electrons. The highest BCUT2D eigenvalue weighted by molar-refractivity contribution is 5.71. The van der Waals surface area contributed by atoms with Crippen molar-refractivity contribution >= 4 is 17.1 Å². The van der Waals surface area contributed by atoms with Crippen LogP contribution in [0.2, 0.25) is 0 Å². The molecule has 0 radical (unpaired) electrons. The molecule has 0 saturated heterocycles. The lowest BCUT2D eigenvalue weighted by molar-refractivity contribution is -0.383. The molecule has 5 heteroatoms. The summed E-state index contributed by atoms with van der Waals surface area (Å²) in [5.74, 6) is 0.542. The van der Waals surface area contributed by atoms with E-state index < -0.39 is 4.92 Å². The zero-order chi connectivity index (χ0) is 13.7. The first-order chi connectivity index (χ1) is 8.45. The second-order valence-electron chi connectivity index (χ2n) is 4.63. The highest BCUT2D eigenvalue weighted by Gasteiger charge is 2.16. The molecule has 0 fully saturated rings. The van der Waals surface area contributed by atoms with Crippen LogP contribution < -0.4 is 5.32 Å². The standard InChI is InChI=1S/C13H17N3O2/c1-9(2)5-6-15-12-7-10(3)11(14-4)8-13(12)16(17)18/h7-9,15H,5-6H2,1-3H3. The van der Waals surface area contributed by atoms with Crippen LogP contribution in [0.5, 0.6) is 0 Å². The van der Waals surface area contributed by atoms with Gasteiger partial charge in [0, 0.05) is 12.6 Å². The van der Waals surface area contributed by atoms with E-state index in [1.54, 1.807) is 13.0 Å². The third kappa shape index (κ3) is 3.45. The normalized spacial score (nSPS) is 10.2. The maximum absolute atomic E-state index is 11.0. The fourth-order valence-electron chi connectivity index (χ4n) is 1.59. The van der Waals surface area contributed by atoms with Crippen LogP contribution in [0.1, 0.15) is 25.8 Å². The van der Waals surface area contributed by atoms with Crippen LogP contribution in [-0.2, 0) is 0 Å². The van der Waals surface area contributed by atoms with E-state index in [-0.39, 0.29) is 5.69 Å². The maximum atomic E-state index is 11.0. The molecule has 0 aliphatic rings. The van der Waals surface area contributed by atoms with Gasteiger partial charge in [-0.1, -0.05) is 13.8 Å². The molecule has 0 heterocycles. The molecule has 0 atom stereocenters. The molecule has 0 saturated carbocycles. The number of nitro groups is 1. The van der Waals surface area contributed by atoms with Crippen molar-refractivity contribution in [3.05, 3.63) is 39.2 Å². The Morgan fingerprint density at radius 1 is 1.50 bits per heavy atom. The highest BCUT2D eigenvalue weighted by atomic mass is 16.6. The number of aryl methyl sites for hydroxylation is 1. The summed E-state index contributed by atoms with van der Waals surface area (Å²) >= 11 is 0. The molecule has 0 aromatic heterocycles. The number of nitrogens with one attached hydrogen (secondary N) is 1. The van der Waals surface area contributed by atoms with Crippen LogP contribution in [0.4, 0.5) is 17.1 Å². The summed E-state index contributed by atoms with van der Waals surface area (Å²) in [5.41, 5.74) is 1.54. The molecule has 0 unspecified atom stereocenters. The summed E-state index contributed by atoms with van der Waals surface area (Å²) in [7, 11) is 0. The van der Waals surface area contributed by atoms with Crippen molar-refractivity contribution in [2.75, 3.05) is 11.9 Å². The van der Waals surface area contributed by atoms with Gasteiger partial charge in [0.1, 0.15) is 5.69 Å². The summed E-state index contributed by atoms with van der Waals surface area (Å²) in [6.45, 7) is 13.6. The lowest BCUT2D eigenvalue weighted by atomic mass is 10.1. The van der Waals surface area contributed by atoms with E-state index in [0.29, 0.717) is 23.8 Å². The molecule has 1 aromatic rings. The Kier molecular flexibility index (Phi) is 4.67. The Bertz CT molecular complexity index is 490. The Hall–Kier alpha value is -2.09. The zero-order valence-electron chi connectivity index (χ0n) is 10.9. The van der Waals surface area contributed by atoms with Gasteiger partial charge in [0.25, 0.3) is 5.69 Å². The van der Waals surface area contributed by atoms with E-state index in [1.807, 2.05) is 0 Å². The SMILES string of the molecule is [C-]#[N+]c1cc([N+](=O)[O-])c(NCCC(C)C)cc1C. The van der Waals surface area contributed by atoms with Gasteiger partial charge in [0.15, 0.2) is 5.69 Å². The van der Waals surface area contributed by atoms with Gasteiger partial charge in [0.2, 0.25) is 0 Å².